The van der Waals surface area contributed by atoms with E-state index in [2.05, 4.69) is 25.5 Å². The number of sulfonamides is 1. The van der Waals surface area contributed by atoms with Crippen molar-refractivity contribution in [2.75, 3.05) is 18.8 Å². The second-order valence-electron chi connectivity index (χ2n) is 6.38. The van der Waals surface area contributed by atoms with E-state index >= 15 is 0 Å². The zero-order chi connectivity index (χ0) is 15.6. The first-order valence-electron chi connectivity index (χ1n) is 8.33. The minimum atomic E-state index is -3.11. The van der Waals surface area contributed by atoms with Crippen molar-refractivity contribution in [1.82, 2.24) is 19.4 Å². The zero-order valence-electron chi connectivity index (χ0n) is 13.2. The topological polar surface area (TPSA) is 67.2 Å². The molecule has 1 aromatic heterocycles. The predicted octanol–water partition coefficient (Wildman–Crippen LogP) is 1.51. The van der Waals surface area contributed by atoms with Gasteiger partial charge in [0.25, 0.3) is 0 Å². The van der Waals surface area contributed by atoms with Crippen molar-refractivity contribution in [1.29, 1.82) is 0 Å². The molecule has 1 saturated carbocycles. The van der Waals surface area contributed by atoms with Crippen LogP contribution in [0.5, 0.6) is 0 Å². The standard InChI is InChI=1S/C15H26N4O2S/c1-2-22(20,21)17-10-8-15-12-18(13-5-3-4-6-13)11-14-7-9-16-19(14)15/h7,9,13,15,17H,2-6,8,10-12H2,1H3/t15-/m0/s1. The summed E-state index contributed by atoms with van der Waals surface area (Å²) in [6.45, 7) is 4.10. The quantitative estimate of drug-likeness (QED) is 0.860. The molecule has 1 fully saturated rings. The van der Waals surface area contributed by atoms with E-state index in [0.29, 0.717) is 12.6 Å². The SMILES string of the molecule is CCS(=O)(=O)NCC[C@H]1CN(C2CCCC2)Cc2ccnn21. The van der Waals surface area contributed by atoms with Crippen LogP contribution in [0.15, 0.2) is 12.3 Å². The van der Waals surface area contributed by atoms with E-state index in [-0.39, 0.29) is 11.8 Å². The van der Waals surface area contributed by atoms with Crippen LogP contribution in [0.1, 0.15) is 50.8 Å². The van der Waals surface area contributed by atoms with Gasteiger partial charge in [0.05, 0.1) is 17.5 Å². The Morgan fingerprint density at radius 2 is 2.14 bits per heavy atom. The van der Waals surface area contributed by atoms with Crippen LogP contribution in [0.4, 0.5) is 0 Å². The molecule has 1 aliphatic carbocycles. The van der Waals surface area contributed by atoms with Crippen LogP contribution < -0.4 is 4.72 Å². The van der Waals surface area contributed by atoms with Crippen molar-refractivity contribution < 1.29 is 8.42 Å². The Kier molecular flexibility index (Phi) is 4.84. The van der Waals surface area contributed by atoms with Gasteiger partial charge in [-0.15, -0.1) is 0 Å². The number of aromatic nitrogens is 2. The van der Waals surface area contributed by atoms with E-state index < -0.39 is 10.0 Å². The fraction of sp³-hybridized carbons (Fsp3) is 0.800. The minimum absolute atomic E-state index is 0.138. The van der Waals surface area contributed by atoms with Gasteiger partial charge in [0, 0.05) is 31.9 Å². The Hall–Kier alpha value is -0.920. The highest BCUT2D eigenvalue weighted by Crippen LogP contribution is 2.30. The van der Waals surface area contributed by atoms with Crippen LogP contribution in [-0.4, -0.2) is 48.0 Å². The van der Waals surface area contributed by atoms with E-state index in [9.17, 15) is 8.42 Å². The van der Waals surface area contributed by atoms with Gasteiger partial charge in [0.1, 0.15) is 0 Å². The fourth-order valence-electron chi connectivity index (χ4n) is 3.66. The monoisotopic (exact) mass is 326 g/mol. The maximum Gasteiger partial charge on any atom is 0.211 e. The number of hydrogen-bond donors (Lipinski definition) is 1. The summed E-state index contributed by atoms with van der Waals surface area (Å²) in [5.41, 5.74) is 1.25. The number of rotatable bonds is 6. The van der Waals surface area contributed by atoms with Crippen molar-refractivity contribution in [3.63, 3.8) is 0 Å². The molecule has 1 aliphatic heterocycles. The summed E-state index contributed by atoms with van der Waals surface area (Å²) in [7, 11) is -3.11. The van der Waals surface area contributed by atoms with Gasteiger partial charge in [-0.2, -0.15) is 5.10 Å². The molecule has 0 amide bonds. The van der Waals surface area contributed by atoms with Crippen LogP contribution in [0.3, 0.4) is 0 Å². The Morgan fingerprint density at radius 1 is 1.36 bits per heavy atom. The number of fused-ring (bicyclic) bond motifs is 1. The normalized spacial score (nSPS) is 23.8. The van der Waals surface area contributed by atoms with Crippen LogP contribution in [0.2, 0.25) is 0 Å². The molecule has 7 heteroatoms. The molecular formula is C15H26N4O2S. The third kappa shape index (κ3) is 3.52. The molecule has 2 aliphatic rings. The molecule has 0 bridgehead atoms. The third-order valence-corrected chi connectivity index (χ3v) is 6.33. The van der Waals surface area contributed by atoms with E-state index in [0.717, 1.165) is 19.5 Å². The minimum Gasteiger partial charge on any atom is -0.292 e. The molecule has 1 atom stereocenters. The van der Waals surface area contributed by atoms with Crippen molar-refractivity contribution >= 4 is 10.0 Å². The highest BCUT2D eigenvalue weighted by Gasteiger charge is 2.31. The van der Waals surface area contributed by atoms with Gasteiger partial charge in [-0.1, -0.05) is 12.8 Å². The van der Waals surface area contributed by atoms with Gasteiger partial charge < -0.3 is 0 Å². The second-order valence-corrected chi connectivity index (χ2v) is 8.47. The fourth-order valence-corrected chi connectivity index (χ4v) is 4.29. The van der Waals surface area contributed by atoms with Gasteiger partial charge in [0.2, 0.25) is 10.0 Å². The molecule has 1 N–H and O–H groups in total. The Labute approximate surface area is 132 Å². The van der Waals surface area contributed by atoms with Gasteiger partial charge in [-0.3, -0.25) is 9.58 Å². The zero-order valence-corrected chi connectivity index (χ0v) is 14.1. The lowest BCUT2D eigenvalue weighted by Gasteiger charge is -2.37. The molecule has 0 spiro atoms. The molecule has 22 heavy (non-hydrogen) atoms. The predicted molar refractivity (Wildman–Crippen MR) is 86.0 cm³/mol. The van der Waals surface area contributed by atoms with Crippen LogP contribution in [-0.2, 0) is 16.6 Å². The summed E-state index contributed by atoms with van der Waals surface area (Å²) in [4.78, 5) is 2.57. The lowest BCUT2D eigenvalue weighted by Crippen LogP contribution is -2.43. The number of nitrogens with zero attached hydrogens (tertiary/aromatic N) is 3. The lowest BCUT2D eigenvalue weighted by molar-refractivity contribution is 0.120. The first-order valence-corrected chi connectivity index (χ1v) is 9.98. The lowest BCUT2D eigenvalue weighted by atomic mass is 10.1. The Morgan fingerprint density at radius 3 is 2.86 bits per heavy atom. The molecule has 6 nitrogen and oxygen atoms in total. The Balaban J connectivity index is 1.64. The molecular weight excluding hydrogens is 300 g/mol. The third-order valence-electron chi connectivity index (χ3n) is 4.93. The summed E-state index contributed by atoms with van der Waals surface area (Å²) in [5, 5.41) is 4.45. The molecule has 2 heterocycles. The number of nitrogens with one attached hydrogen (secondary N) is 1. The largest absolute Gasteiger partial charge is 0.292 e. The second kappa shape index (κ2) is 6.68. The van der Waals surface area contributed by atoms with Gasteiger partial charge in [0.15, 0.2) is 0 Å². The smallest absolute Gasteiger partial charge is 0.211 e. The van der Waals surface area contributed by atoms with Crippen LogP contribution in [0.25, 0.3) is 0 Å². The average molecular weight is 326 g/mol. The van der Waals surface area contributed by atoms with Crippen LogP contribution in [0, 0.1) is 0 Å². The van der Waals surface area contributed by atoms with Crippen molar-refractivity contribution in [3.05, 3.63) is 18.0 Å². The van der Waals surface area contributed by atoms with E-state index in [1.807, 2.05) is 6.20 Å². The highest BCUT2D eigenvalue weighted by molar-refractivity contribution is 7.89. The molecule has 3 rings (SSSR count). The van der Waals surface area contributed by atoms with Crippen molar-refractivity contribution in [3.8, 4) is 0 Å². The Bertz CT molecular complexity index is 592. The van der Waals surface area contributed by atoms with E-state index in [1.165, 1.54) is 31.4 Å². The van der Waals surface area contributed by atoms with Crippen molar-refractivity contribution in [2.45, 2.75) is 57.7 Å². The summed E-state index contributed by atoms with van der Waals surface area (Å²) < 4.78 is 27.9. The van der Waals surface area contributed by atoms with Gasteiger partial charge >= 0.3 is 0 Å². The summed E-state index contributed by atoms with van der Waals surface area (Å²) in [5.74, 6) is 0.138. The maximum absolute atomic E-state index is 11.6. The summed E-state index contributed by atoms with van der Waals surface area (Å²) in [6, 6.07) is 3.04. The summed E-state index contributed by atoms with van der Waals surface area (Å²) in [6.07, 6.45) is 7.91. The average Bonchev–Trinajstić information content (AvgIpc) is 3.18. The van der Waals surface area contributed by atoms with E-state index in [4.69, 9.17) is 0 Å². The molecule has 1 aromatic rings. The van der Waals surface area contributed by atoms with Gasteiger partial charge in [-0.05, 0) is 32.3 Å². The van der Waals surface area contributed by atoms with E-state index in [1.54, 1.807) is 6.92 Å². The van der Waals surface area contributed by atoms with Crippen molar-refractivity contribution in [2.24, 2.45) is 0 Å². The van der Waals surface area contributed by atoms with Gasteiger partial charge in [-0.25, -0.2) is 13.1 Å². The first kappa shape index (κ1) is 16.0. The molecule has 124 valence electrons. The molecule has 0 saturated heterocycles. The molecule has 0 aromatic carbocycles. The summed E-state index contributed by atoms with van der Waals surface area (Å²) >= 11 is 0. The molecule has 0 radical (unpaired) electrons. The maximum atomic E-state index is 11.6. The first-order chi connectivity index (χ1) is 10.6. The number of hydrogen-bond acceptors (Lipinski definition) is 4. The highest BCUT2D eigenvalue weighted by atomic mass is 32.2. The van der Waals surface area contributed by atoms with Crippen LogP contribution >= 0.6 is 0 Å². The molecule has 0 unspecified atom stereocenters.